The van der Waals surface area contributed by atoms with Crippen molar-refractivity contribution in [1.82, 2.24) is 5.32 Å². The molecule has 0 bridgehead atoms. The molecule has 4 nitrogen and oxygen atoms in total. The molecule has 15 heavy (non-hydrogen) atoms. The Hall–Kier alpha value is -1.32. The summed E-state index contributed by atoms with van der Waals surface area (Å²) in [6, 6.07) is -0.852. The third-order valence-electron chi connectivity index (χ3n) is 1.99. The molecule has 1 amide bonds. The summed E-state index contributed by atoms with van der Waals surface area (Å²) in [6.07, 6.45) is 2.47. The zero-order valence-electron chi connectivity index (χ0n) is 9.54. The lowest BCUT2D eigenvalue weighted by molar-refractivity contribution is -0.144. The van der Waals surface area contributed by atoms with Gasteiger partial charge in [0.2, 0.25) is 5.91 Å². The Balaban J connectivity index is 4.37. The van der Waals surface area contributed by atoms with E-state index in [4.69, 9.17) is 5.11 Å². The molecule has 0 saturated carbocycles. The van der Waals surface area contributed by atoms with Crippen molar-refractivity contribution in [2.75, 3.05) is 0 Å². The van der Waals surface area contributed by atoms with Crippen LogP contribution in [0.25, 0.3) is 0 Å². The lowest BCUT2D eigenvalue weighted by Gasteiger charge is -2.27. The minimum Gasteiger partial charge on any atom is -0.480 e. The van der Waals surface area contributed by atoms with Crippen molar-refractivity contribution in [2.45, 2.75) is 39.7 Å². The molecule has 0 aliphatic heterocycles. The van der Waals surface area contributed by atoms with E-state index in [1.54, 1.807) is 26.8 Å². The molecule has 0 spiro atoms. The van der Waals surface area contributed by atoms with Gasteiger partial charge >= 0.3 is 5.97 Å². The molecule has 0 unspecified atom stereocenters. The molecule has 4 heteroatoms. The van der Waals surface area contributed by atoms with E-state index in [9.17, 15) is 9.59 Å². The number of amides is 1. The molecule has 0 heterocycles. The first-order valence-electron chi connectivity index (χ1n) is 4.92. The predicted molar refractivity (Wildman–Crippen MR) is 58.5 cm³/mol. The first kappa shape index (κ1) is 13.7. The van der Waals surface area contributed by atoms with Crippen molar-refractivity contribution in [3.8, 4) is 0 Å². The predicted octanol–water partition coefficient (Wildman–Crippen LogP) is 1.57. The number of carbonyl (C=O) groups is 2. The highest BCUT2D eigenvalue weighted by atomic mass is 16.4. The highest BCUT2D eigenvalue weighted by Crippen LogP contribution is 2.19. The summed E-state index contributed by atoms with van der Waals surface area (Å²) in [6.45, 7) is 8.83. The molecule has 0 radical (unpaired) electrons. The van der Waals surface area contributed by atoms with Gasteiger partial charge in [0.1, 0.15) is 6.04 Å². The van der Waals surface area contributed by atoms with Gasteiger partial charge < -0.3 is 10.4 Å². The van der Waals surface area contributed by atoms with Crippen LogP contribution in [0.1, 0.15) is 33.6 Å². The maximum atomic E-state index is 11.3. The maximum absolute atomic E-state index is 11.3. The average Bonchev–Trinajstić information content (AvgIpc) is 2.08. The molecule has 0 aromatic heterocycles. The van der Waals surface area contributed by atoms with Crippen molar-refractivity contribution in [2.24, 2.45) is 5.41 Å². The Morgan fingerprint density at radius 1 is 1.47 bits per heavy atom. The lowest BCUT2D eigenvalue weighted by atomic mass is 9.86. The van der Waals surface area contributed by atoms with Crippen LogP contribution in [0.15, 0.2) is 12.7 Å². The van der Waals surface area contributed by atoms with E-state index in [0.29, 0.717) is 6.42 Å². The van der Waals surface area contributed by atoms with Crippen molar-refractivity contribution < 1.29 is 14.7 Å². The molecule has 0 aliphatic rings. The van der Waals surface area contributed by atoms with Gasteiger partial charge in [0, 0.05) is 6.42 Å². The Kier molecular flexibility index (Phi) is 5.05. The van der Waals surface area contributed by atoms with Gasteiger partial charge in [0.15, 0.2) is 0 Å². The van der Waals surface area contributed by atoms with Gasteiger partial charge in [-0.25, -0.2) is 4.79 Å². The number of aliphatic carboxylic acids is 1. The summed E-state index contributed by atoms with van der Waals surface area (Å²) in [5.41, 5.74) is -0.490. The Labute approximate surface area is 90.4 Å². The Morgan fingerprint density at radius 3 is 2.33 bits per heavy atom. The average molecular weight is 213 g/mol. The Bertz CT molecular complexity index is 253. The van der Waals surface area contributed by atoms with E-state index in [0.717, 1.165) is 0 Å². The second kappa shape index (κ2) is 5.53. The zero-order valence-corrected chi connectivity index (χ0v) is 9.54. The van der Waals surface area contributed by atoms with Crippen LogP contribution >= 0.6 is 0 Å². The highest BCUT2D eigenvalue weighted by molar-refractivity contribution is 5.84. The number of carboxylic acids is 1. The van der Waals surface area contributed by atoms with E-state index in [1.165, 1.54) is 0 Å². The van der Waals surface area contributed by atoms with Crippen LogP contribution in [-0.4, -0.2) is 23.0 Å². The number of allylic oxidation sites excluding steroid dienone is 1. The fraction of sp³-hybridized carbons (Fsp3) is 0.636. The summed E-state index contributed by atoms with van der Waals surface area (Å²) in [7, 11) is 0. The molecule has 0 rings (SSSR count). The van der Waals surface area contributed by atoms with Crippen molar-refractivity contribution in [3.63, 3.8) is 0 Å². The topological polar surface area (TPSA) is 66.4 Å². The molecule has 2 N–H and O–H groups in total. The zero-order chi connectivity index (χ0) is 12.1. The molecule has 0 fully saturated rings. The summed E-state index contributed by atoms with van der Waals surface area (Å²) in [5.74, 6) is -1.26. The molecule has 0 saturated heterocycles. The van der Waals surface area contributed by atoms with Crippen LogP contribution in [-0.2, 0) is 9.59 Å². The van der Waals surface area contributed by atoms with E-state index in [1.807, 2.05) is 0 Å². The van der Waals surface area contributed by atoms with Crippen molar-refractivity contribution >= 4 is 11.9 Å². The number of rotatable bonds is 5. The molecule has 0 aromatic carbocycles. The van der Waals surface area contributed by atoms with Gasteiger partial charge in [-0.05, 0) is 11.8 Å². The van der Waals surface area contributed by atoms with Gasteiger partial charge in [0.05, 0.1) is 0 Å². The number of hydrogen-bond donors (Lipinski definition) is 2. The number of carboxylic acid groups (broad SMARTS) is 1. The third-order valence-corrected chi connectivity index (χ3v) is 1.99. The van der Waals surface area contributed by atoms with Crippen LogP contribution in [0.5, 0.6) is 0 Å². The smallest absolute Gasteiger partial charge is 0.326 e. The van der Waals surface area contributed by atoms with E-state index >= 15 is 0 Å². The molecular formula is C11H19NO3. The van der Waals surface area contributed by atoms with Crippen LogP contribution < -0.4 is 5.32 Å². The van der Waals surface area contributed by atoms with Crippen LogP contribution in [0.2, 0.25) is 0 Å². The SMILES string of the molecule is C=CCCC(=O)N[C@@H](C(=O)O)C(C)(C)C. The van der Waals surface area contributed by atoms with Gasteiger partial charge in [0.25, 0.3) is 0 Å². The van der Waals surface area contributed by atoms with Gasteiger partial charge in [-0.3, -0.25) is 4.79 Å². The monoisotopic (exact) mass is 213 g/mol. The van der Waals surface area contributed by atoms with Crippen molar-refractivity contribution in [1.29, 1.82) is 0 Å². The first-order valence-corrected chi connectivity index (χ1v) is 4.92. The third kappa shape index (κ3) is 5.20. The summed E-state index contributed by atoms with van der Waals surface area (Å²) < 4.78 is 0. The van der Waals surface area contributed by atoms with E-state index in [2.05, 4.69) is 11.9 Å². The second-order valence-electron chi connectivity index (χ2n) is 4.53. The number of nitrogens with one attached hydrogen (secondary N) is 1. The standard InChI is InChI=1S/C11H19NO3/c1-5-6-7-8(13)12-9(10(14)15)11(2,3)4/h5,9H,1,6-7H2,2-4H3,(H,12,13)(H,14,15)/t9-/m0/s1. The quantitative estimate of drug-likeness (QED) is 0.681. The largest absolute Gasteiger partial charge is 0.480 e. The van der Waals surface area contributed by atoms with E-state index < -0.39 is 17.4 Å². The fourth-order valence-corrected chi connectivity index (χ4v) is 1.11. The van der Waals surface area contributed by atoms with Gasteiger partial charge in [-0.15, -0.1) is 6.58 Å². The van der Waals surface area contributed by atoms with Crippen LogP contribution in [0.3, 0.4) is 0 Å². The van der Waals surface area contributed by atoms with Crippen LogP contribution in [0.4, 0.5) is 0 Å². The summed E-state index contributed by atoms with van der Waals surface area (Å²) >= 11 is 0. The summed E-state index contributed by atoms with van der Waals surface area (Å²) in [4.78, 5) is 22.3. The van der Waals surface area contributed by atoms with Crippen LogP contribution in [0, 0.1) is 5.41 Å². The highest BCUT2D eigenvalue weighted by Gasteiger charge is 2.32. The molecule has 1 atom stereocenters. The maximum Gasteiger partial charge on any atom is 0.326 e. The number of carbonyl (C=O) groups excluding carboxylic acids is 1. The molecule has 0 aliphatic carbocycles. The second-order valence-corrected chi connectivity index (χ2v) is 4.53. The lowest BCUT2D eigenvalue weighted by Crippen LogP contribution is -2.49. The summed E-state index contributed by atoms with van der Waals surface area (Å²) in [5, 5.41) is 11.5. The Morgan fingerprint density at radius 2 is 2.00 bits per heavy atom. The van der Waals surface area contributed by atoms with Gasteiger partial charge in [-0.1, -0.05) is 26.8 Å². The molecule has 86 valence electrons. The first-order chi connectivity index (χ1) is 6.79. The normalized spacial score (nSPS) is 13.0. The minimum atomic E-state index is -1.01. The fourth-order valence-electron chi connectivity index (χ4n) is 1.11. The molecule has 0 aromatic rings. The molecular weight excluding hydrogens is 194 g/mol. The van der Waals surface area contributed by atoms with E-state index in [-0.39, 0.29) is 12.3 Å². The van der Waals surface area contributed by atoms with Gasteiger partial charge in [-0.2, -0.15) is 0 Å². The minimum absolute atomic E-state index is 0.253. The number of hydrogen-bond acceptors (Lipinski definition) is 2. The van der Waals surface area contributed by atoms with Crippen molar-refractivity contribution in [3.05, 3.63) is 12.7 Å².